The number of allylic oxidation sites excluding steroid dienone is 4. The monoisotopic (exact) mass is 362 g/mol. The van der Waals surface area contributed by atoms with Gasteiger partial charge in [-0.15, -0.1) is 0 Å². The maximum absolute atomic E-state index is 11.5. The maximum atomic E-state index is 11.5. The smallest absolute Gasteiger partial charge is 0.127 e. The molecule has 0 saturated heterocycles. The lowest BCUT2D eigenvalue weighted by Crippen LogP contribution is -2.11. The van der Waals surface area contributed by atoms with E-state index in [1.807, 2.05) is 26.8 Å². The highest BCUT2D eigenvalue weighted by Gasteiger charge is 2.16. The second-order valence-electron chi connectivity index (χ2n) is 6.51. The van der Waals surface area contributed by atoms with Crippen molar-refractivity contribution in [1.82, 2.24) is 0 Å². The van der Waals surface area contributed by atoms with Gasteiger partial charge in [0.15, 0.2) is 0 Å². The molecule has 0 spiro atoms. The van der Waals surface area contributed by atoms with Crippen LogP contribution in [0.1, 0.15) is 85.8 Å². The first-order valence-corrected chi connectivity index (χ1v) is 9.24. The van der Waals surface area contributed by atoms with E-state index in [9.17, 15) is 4.79 Å². The van der Waals surface area contributed by atoms with E-state index in [0.29, 0.717) is 0 Å². The van der Waals surface area contributed by atoms with E-state index in [2.05, 4.69) is 64.1 Å². The van der Waals surface area contributed by atoms with E-state index < -0.39 is 0 Å². The summed E-state index contributed by atoms with van der Waals surface area (Å²) in [6.07, 6.45) is 9.17. The van der Waals surface area contributed by atoms with Gasteiger partial charge in [-0.3, -0.25) is 0 Å². The fraction of sp³-hybridized carbons (Fsp3) is 0.542. The molecule has 0 bridgehead atoms. The van der Waals surface area contributed by atoms with Gasteiger partial charge in [0.25, 0.3) is 0 Å². The van der Waals surface area contributed by atoms with E-state index in [-0.39, 0.29) is 18.8 Å². The van der Waals surface area contributed by atoms with E-state index in [1.54, 1.807) is 0 Å². The SMILES string of the molecule is C.C/C=C\C(=C/CC)C[C@@H](C=O)c1ccc(C(C)(C)C)cc1.CC.CO. The molecule has 0 aliphatic heterocycles. The number of aliphatic hydroxyl groups excluding tert-OH is 1. The molecular formula is C24H42O2. The molecule has 0 aliphatic rings. The zero-order chi connectivity index (χ0) is 19.9. The highest BCUT2D eigenvalue weighted by molar-refractivity contribution is 5.63. The van der Waals surface area contributed by atoms with Gasteiger partial charge < -0.3 is 9.90 Å². The number of carbonyl (C=O) groups excluding carboxylic acids is 1. The van der Waals surface area contributed by atoms with Crippen LogP contribution in [0.25, 0.3) is 0 Å². The topological polar surface area (TPSA) is 37.3 Å². The Hall–Kier alpha value is -1.67. The first-order chi connectivity index (χ1) is 11.9. The predicted molar refractivity (Wildman–Crippen MR) is 118 cm³/mol. The highest BCUT2D eigenvalue weighted by atomic mass is 16.2. The third-order valence-electron chi connectivity index (χ3n) is 3.67. The van der Waals surface area contributed by atoms with E-state index >= 15 is 0 Å². The molecule has 150 valence electrons. The quantitative estimate of drug-likeness (QED) is 0.444. The first-order valence-electron chi connectivity index (χ1n) is 9.24. The normalized spacial score (nSPS) is 12.1. The minimum atomic E-state index is -0.0620. The van der Waals surface area contributed by atoms with Crippen LogP contribution in [-0.2, 0) is 10.2 Å². The van der Waals surface area contributed by atoms with Crippen molar-refractivity contribution in [2.45, 2.75) is 80.1 Å². The molecule has 0 aliphatic carbocycles. The summed E-state index contributed by atoms with van der Waals surface area (Å²) < 4.78 is 0. The summed E-state index contributed by atoms with van der Waals surface area (Å²) in [5.41, 5.74) is 3.78. The van der Waals surface area contributed by atoms with Gasteiger partial charge >= 0.3 is 0 Å². The molecule has 2 heteroatoms. The Morgan fingerprint density at radius 1 is 1.12 bits per heavy atom. The number of carbonyl (C=O) groups is 1. The predicted octanol–water partition coefficient (Wildman–Crippen LogP) is 6.84. The van der Waals surface area contributed by atoms with Crippen LogP contribution in [-0.4, -0.2) is 18.5 Å². The lowest BCUT2D eigenvalue weighted by Gasteiger charge is -2.20. The Morgan fingerprint density at radius 3 is 1.96 bits per heavy atom. The summed E-state index contributed by atoms with van der Waals surface area (Å²) in [4.78, 5) is 11.5. The molecule has 26 heavy (non-hydrogen) atoms. The fourth-order valence-electron chi connectivity index (χ4n) is 2.42. The Kier molecular flexibility index (Phi) is 18.8. The molecule has 1 aromatic rings. The van der Waals surface area contributed by atoms with Crippen molar-refractivity contribution in [3.63, 3.8) is 0 Å². The Labute approximate surface area is 163 Å². The number of benzene rings is 1. The van der Waals surface area contributed by atoms with Crippen molar-refractivity contribution >= 4 is 6.29 Å². The van der Waals surface area contributed by atoms with E-state index in [4.69, 9.17) is 5.11 Å². The average molecular weight is 363 g/mol. The summed E-state index contributed by atoms with van der Waals surface area (Å²) in [5, 5.41) is 7.00. The highest BCUT2D eigenvalue weighted by Crippen LogP contribution is 2.27. The van der Waals surface area contributed by atoms with Gasteiger partial charge in [-0.1, -0.05) is 97.0 Å². The summed E-state index contributed by atoms with van der Waals surface area (Å²) >= 11 is 0. The van der Waals surface area contributed by atoms with Crippen molar-refractivity contribution in [3.8, 4) is 0 Å². The first kappa shape index (κ1) is 29.1. The van der Waals surface area contributed by atoms with E-state index in [1.165, 1.54) is 11.1 Å². The van der Waals surface area contributed by atoms with Crippen LogP contribution >= 0.6 is 0 Å². The number of rotatable bonds is 6. The third kappa shape index (κ3) is 11.0. The third-order valence-corrected chi connectivity index (χ3v) is 3.67. The molecule has 0 radical (unpaired) electrons. The van der Waals surface area contributed by atoms with Gasteiger partial charge in [-0.25, -0.2) is 0 Å². The fourth-order valence-corrected chi connectivity index (χ4v) is 2.42. The van der Waals surface area contributed by atoms with Crippen LogP contribution in [0.4, 0.5) is 0 Å². The number of aldehydes is 1. The molecule has 0 unspecified atom stereocenters. The molecule has 1 N–H and O–H groups in total. The molecule has 1 aromatic carbocycles. The Morgan fingerprint density at radius 2 is 1.62 bits per heavy atom. The summed E-state index contributed by atoms with van der Waals surface area (Å²) in [6.45, 7) is 14.7. The number of aliphatic hydroxyl groups is 1. The van der Waals surface area contributed by atoms with Gasteiger partial charge in [0.05, 0.1) is 0 Å². The van der Waals surface area contributed by atoms with Crippen molar-refractivity contribution in [1.29, 1.82) is 0 Å². The van der Waals surface area contributed by atoms with Crippen LogP contribution in [0.3, 0.4) is 0 Å². The lowest BCUT2D eigenvalue weighted by molar-refractivity contribution is -0.109. The molecule has 0 amide bonds. The molecule has 0 fully saturated rings. The average Bonchev–Trinajstić information content (AvgIpc) is 2.63. The zero-order valence-corrected chi connectivity index (χ0v) is 17.5. The molecule has 1 atom stereocenters. The molecular weight excluding hydrogens is 320 g/mol. The molecule has 1 rings (SSSR count). The molecule has 0 aromatic heterocycles. The van der Waals surface area contributed by atoms with Crippen LogP contribution < -0.4 is 0 Å². The van der Waals surface area contributed by atoms with Gasteiger partial charge in [-0.05, 0) is 36.3 Å². The van der Waals surface area contributed by atoms with Crippen LogP contribution in [0.5, 0.6) is 0 Å². The second-order valence-corrected chi connectivity index (χ2v) is 6.51. The van der Waals surface area contributed by atoms with Crippen molar-refractivity contribution in [3.05, 3.63) is 59.2 Å². The molecule has 0 heterocycles. The molecule has 0 saturated carbocycles. The van der Waals surface area contributed by atoms with E-state index in [0.717, 1.165) is 31.8 Å². The van der Waals surface area contributed by atoms with Crippen molar-refractivity contribution < 1.29 is 9.90 Å². The van der Waals surface area contributed by atoms with Gasteiger partial charge in [0.2, 0.25) is 0 Å². The van der Waals surface area contributed by atoms with Gasteiger partial charge in [0, 0.05) is 13.0 Å². The van der Waals surface area contributed by atoms with Crippen molar-refractivity contribution in [2.75, 3.05) is 7.11 Å². The summed E-state index contributed by atoms with van der Waals surface area (Å²) in [5.74, 6) is -0.0620. The summed E-state index contributed by atoms with van der Waals surface area (Å²) in [7, 11) is 1.00. The van der Waals surface area contributed by atoms with Crippen LogP contribution in [0, 0.1) is 0 Å². The standard InChI is InChI=1S/C20H28O.C2H6.CH4O.CH4/c1-6-8-16(9-7-2)14-18(15-21)17-10-12-19(13-11-17)20(3,4)5;2*1-2;/h6,8-13,15,18H,7,14H2,1-5H3;1-2H3;2H,1H3;1H4/b8-6-,16-9+;;;/t18-;;;/m0.../s1. The summed E-state index contributed by atoms with van der Waals surface area (Å²) in [6, 6.07) is 8.48. The van der Waals surface area contributed by atoms with Crippen LogP contribution in [0.15, 0.2) is 48.1 Å². The van der Waals surface area contributed by atoms with Gasteiger partial charge in [0.1, 0.15) is 6.29 Å². The number of hydrogen-bond donors (Lipinski definition) is 1. The minimum Gasteiger partial charge on any atom is -0.400 e. The zero-order valence-electron chi connectivity index (χ0n) is 17.5. The van der Waals surface area contributed by atoms with Crippen molar-refractivity contribution in [2.24, 2.45) is 0 Å². The molecule has 2 nitrogen and oxygen atoms in total. The van der Waals surface area contributed by atoms with Crippen LogP contribution in [0.2, 0.25) is 0 Å². The maximum Gasteiger partial charge on any atom is 0.127 e. The van der Waals surface area contributed by atoms with Gasteiger partial charge in [-0.2, -0.15) is 0 Å². The Balaban J connectivity index is -0.000000985. The largest absolute Gasteiger partial charge is 0.400 e. The Bertz CT molecular complexity index is 502. The lowest BCUT2D eigenvalue weighted by atomic mass is 9.85. The minimum absolute atomic E-state index is 0. The number of hydrogen-bond acceptors (Lipinski definition) is 2. The second kappa shape index (κ2) is 16.8.